The largest absolute Gasteiger partial charge is 0.492 e. The minimum Gasteiger partial charge on any atom is -0.492 e. The Morgan fingerprint density at radius 2 is 1.96 bits per heavy atom. The summed E-state index contributed by atoms with van der Waals surface area (Å²) < 4.78 is 9.83. The van der Waals surface area contributed by atoms with Crippen molar-refractivity contribution >= 4 is 5.84 Å². The van der Waals surface area contributed by atoms with E-state index in [0.717, 1.165) is 23.8 Å². The van der Waals surface area contributed by atoms with Gasteiger partial charge in [-0.15, -0.1) is 0 Å². The topological polar surface area (TPSA) is 47.6 Å². The first-order valence-electron chi connectivity index (χ1n) is 7.81. The number of aromatic nitrogens is 3. The van der Waals surface area contributed by atoms with E-state index in [2.05, 4.69) is 14.7 Å². The van der Waals surface area contributed by atoms with E-state index in [-0.39, 0.29) is 0 Å². The van der Waals surface area contributed by atoms with Gasteiger partial charge in [0.05, 0.1) is 12.2 Å². The molecule has 6 nitrogen and oxygen atoms in total. The first-order valence-corrected chi connectivity index (χ1v) is 7.81. The van der Waals surface area contributed by atoms with Crippen LogP contribution in [0.25, 0.3) is 0 Å². The minimum absolute atomic E-state index is 0.588. The van der Waals surface area contributed by atoms with E-state index in [1.807, 2.05) is 73.5 Å². The maximum absolute atomic E-state index is 5.80. The third-order valence-corrected chi connectivity index (χ3v) is 3.45. The van der Waals surface area contributed by atoms with Crippen molar-refractivity contribution in [2.45, 2.75) is 6.54 Å². The fourth-order valence-electron chi connectivity index (χ4n) is 2.40. The minimum atomic E-state index is 0.588. The van der Waals surface area contributed by atoms with Gasteiger partial charge in [-0.05, 0) is 24.3 Å². The lowest BCUT2D eigenvalue weighted by molar-refractivity contribution is 0.298. The molecule has 0 atom stereocenters. The van der Waals surface area contributed by atoms with E-state index in [9.17, 15) is 0 Å². The van der Waals surface area contributed by atoms with Crippen LogP contribution in [-0.2, 0) is 6.54 Å². The van der Waals surface area contributed by atoms with Gasteiger partial charge < -0.3 is 14.3 Å². The average molecular weight is 323 g/mol. The highest BCUT2D eigenvalue weighted by Gasteiger charge is 2.12. The van der Waals surface area contributed by atoms with Crippen molar-refractivity contribution in [3.8, 4) is 5.75 Å². The summed E-state index contributed by atoms with van der Waals surface area (Å²) in [6.45, 7) is 1.32. The average Bonchev–Trinajstić information content (AvgIpc) is 3.25. The Morgan fingerprint density at radius 3 is 2.67 bits per heavy atom. The summed E-state index contributed by atoms with van der Waals surface area (Å²) in [4.78, 5) is 4.12. The maximum atomic E-state index is 5.80. The molecule has 1 aromatic carbocycles. The Hall–Kier alpha value is -3.02. The highest BCUT2D eigenvalue weighted by Crippen LogP contribution is 2.10. The third kappa shape index (κ3) is 3.84. The van der Waals surface area contributed by atoms with Crippen LogP contribution in [0.1, 0.15) is 5.69 Å². The van der Waals surface area contributed by atoms with Gasteiger partial charge in [0, 0.05) is 32.7 Å². The molecule has 0 aliphatic rings. The van der Waals surface area contributed by atoms with Gasteiger partial charge in [-0.3, -0.25) is 4.57 Å². The van der Waals surface area contributed by atoms with Crippen LogP contribution in [0.15, 0.2) is 72.5 Å². The molecule has 124 valence electrons. The van der Waals surface area contributed by atoms with Crippen molar-refractivity contribution < 1.29 is 4.74 Å². The van der Waals surface area contributed by atoms with Crippen LogP contribution in [-0.4, -0.2) is 45.7 Å². The summed E-state index contributed by atoms with van der Waals surface area (Å²) in [5, 5.41) is 6.38. The zero-order chi connectivity index (χ0) is 16.8. The van der Waals surface area contributed by atoms with Crippen molar-refractivity contribution in [1.29, 1.82) is 0 Å². The van der Waals surface area contributed by atoms with E-state index in [4.69, 9.17) is 4.74 Å². The van der Waals surface area contributed by atoms with Gasteiger partial charge in [-0.2, -0.15) is 5.10 Å². The fourth-order valence-corrected chi connectivity index (χ4v) is 2.40. The lowest BCUT2D eigenvalue weighted by Crippen LogP contribution is -2.21. The van der Waals surface area contributed by atoms with Gasteiger partial charge in [0.1, 0.15) is 18.7 Å². The summed E-state index contributed by atoms with van der Waals surface area (Å²) in [6.07, 6.45) is 7.42. The molecule has 3 aromatic rings. The molecular weight excluding hydrogens is 302 g/mol. The molecule has 0 aliphatic heterocycles. The van der Waals surface area contributed by atoms with Crippen LogP contribution in [0, 0.1) is 0 Å². The van der Waals surface area contributed by atoms with Gasteiger partial charge in [0.25, 0.3) is 0 Å². The summed E-state index contributed by atoms with van der Waals surface area (Å²) >= 11 is 0. The van der Waals surface area contributed by atoms with E-state index in [1.165, 1.54) is 0 Å². The van der Waals surface area contributed by atoms with Crippen molar-refractivity contribution in [1.82, 2.24) is 19.1 Å². The highest BCUT2D eigenvalue weighted by atomic mass is 16.5. The predicted molar refractivity (Wildman–Crippen MR) is 94.2 cm³/mol. The van der Waals surface area contributed by atoms with Crippen LogP contribution in [0.2, 0.25) is 0 Å². The monoisotopic (exact) mass is 323 g/mol. The van der Waals surface area contributed by atoms with E-state index in [0.29, 0.717) is 6.61 Å². The molecule has 6 heteroatoms. The highest BCUT2D eigenvalue weighted by molar-refractivity contribution is 5.98. The fraction of sp³-hybridized carbons (Fsp3) is 0.222. The molecule has 2 aromatic heterocycles. The molecule has 0 amide bonds. The third-order valence-electron chi connectivity index (χ3n) is 3.45. The van der Waals surface area contributed by atoms with Gasteiger partial charge >= 0.3 is 0 Å². The molecule has 0 saturated carbocycles. The van der Waals surface area contributed by atoms with E-state index in [1.54, 1.807) is 17.5 Å². The summed E-state index contributed by atoms with van der Waals surface area (Å²) in [5.41, 5.74) is 1.01. The van der Waals surface area contributed by atoms with Crippen LogP contribution >= 0.6 is 0 Å². The number of ether oxygens (including phenoxy) is 1. The molecule has 0 aliphatic carbocycles. The molecule has 2 heterocycles. The van der Waals surface area contributed by atoms with Crippen LogP contribution in [0.4, 0.5) is 0 Å². The zero-order valence-electron chi connectivity index (χ0n) is 13.9. The molecule has 0 spiro atoms. The van der Waals surface area contributed by atoms with Gasteiger partial charge in [0.15, 0.2) is 5.84 Å². The molecule has 0 N–H and O–H groups in total. The summed E-state index contributed by atoms with van der Waals surface area (Å²) in [7, 11) is 3.81. The number of hydrogen-bond acceptors (Lipinski definition) is 4. The molecule has 0 saturated heterocycles. The van der Waals surface area contributed by atoms with Gasteiger partial charge in [0.2, 0.25) is 0 Å². The van der Waals surface area contributed by atoms with E-state index >= 15 is 0 Å². The number of nitrogens with zero attached hydrogens (tertiary/aromatic N) is 5. The lowest BCUT2D eigenvalue weighted by Gasteiger charge is -2.15. The number of imidazole rings is 1. The second-order valence-electron chi connectivity index (χ2n) is 5.49. The lowest BCUT2D eigenvalue weighted by atomic mass is 10.3. The standard InChI is InChI=1S/C18H21N5O/c1-21(2)20-18(23-12-10-19-15-23)17-9-6-11-22(17)13-14-24-16-7-4-3-5-8-16/h3-12,15H,13-14H2,1-2H3/b20-18-. The predicted octanol–water partition coefficient (Wildman–Crippen LogP) is 2.54. The second kappa shape index (κ2) is 7.50. The molecular formula is C18H21N5O. The number of hydrazone groups is 1. The number of rotatable bonds is 6. The Labute approximate surface area is 141 Å². The zero-order valence-corrected chi connectivity index (χ0v) is 13.9. The quantitative estimate of drug-likeness (QED) is 0.398. The van der Waals surface area contributed by atoms with Crippen LogP contribution in [0.5, 0.6) is 5.75 Å². The molecule has 24 heavy (non-hydrogen) atoms. The van der Waals surface area contributed by atoms with Gasteiger partial charge in [-0.25, -0.2) is 4.98 Å². The Bertz CT molecular complexity index is 775. The molecule has 0 unspecified atom stereocenters. The maximum Gasteiger partial charge on any atom is 0.181 e. The number of hydrogen-bond donors (Lipinski definition) is 0. The van der Waals surface area contributed by atoms with Crippen molar-refractivity contribution in [2.75, 3.05) is 20.7 Å². The van der Waals surface area contributed by atoms with Crippen molar-refractivity contribution in [3.05, 3.63) is 73.1 Å². The van der Waals surface area contributed by atoms with Crippen molar-refractivity contribution in [3.63, 3.8) is 0 Å². The number of para-hydroxylation sites is 1. The Balaban J connectivity index is 1.76. The molecule has 3 rings (SSSR count). The van der Waals surface area contributed by atoms with Crippen molar-refractivity contribution in [2.24, 2.45) is 5.10 Å². The Kier molecular flexibility index (Phi) is 4.96. The Morgan fingerprint density at radius 1 is 1.12 bits per heavy atom. The van der Waals surface area contributed by atoms with E-state index < -0.39 is 0 Å². The first kappa shape index (κ1) is 15.9. The van der Waals surface area contributed by atoms with Crippen LogP contribution < -0.4 is 4.74 Å². The smallest absolute Gasteiger partial charge is 0.181 e. The molecule has 0 fully saturated rings. The SMILES string of the molecule is CN(C)/N=C(/c1cccn1CCOc1ccccc1)n1ccnc1. The second-order valence-corrected chi connectivity index (χ2v) is 5.49. The normalized spacial score (nSPS) is 11.5. The van der Waals surface area contributed by atoms with Gasteiger partial charge in [-0.1, -0.05) is 18.2 Å². The summed E-state index contributed by atoms with van der Waals surface area (Å²) in [5.74, 6) is 1.70. The number of benzene rings is 1. The molecule has 0 radical (unpaired) electrons. The summed E-state index contributed by atoms with van der Waals surface area (Å²) in [6, 6.07) is 13.9. The first-order chi connectivity index (χ1) is 11.7. The molecule has 0 bridgehead atoms. The van der Waals surface area contributed by atoms with Crippen LogP contribution in [0.3, 0.4) is 0 Å².